The lowest BCUT2D eigenvalue weighted by atomic mass is 9.74. The Morgan fingerprint density at radius 1 is 0.768 bits per heavy atom. The van der Waals surface area contributed by atoms with Crippen molar-refractivity contribution in [1.29, 1.82) is 0 Å². The topological polar surface area (TPSA) is 240 Å². The molecule has 0 saturated carbocycles. The predicted molar refractivity (Wildman–Crippen MR) is 293 cm³/mol. The number of benzene rings is 2. The van der Waals surface area contributed by atoms with Gasteiger partial charge >= 0.3 is 5.97 Å². The lowest BCUT2D eigenvalue weighted by Crippen LogP contribution is -2.50. The number of carbonyl (C=O) groups excluding carboxylic acids is 3. The number of unbranched alkanes of at least 4 members (excludes halogenated alkanes) is 1. The summed E-state index contributed by atoms with van der Waals surface area (Å²) in [5.74, 6) is 0.247. The number of hydrogen-bond acceptors (Lipinski definition) is 18. The van der Waals surface area contributed by atoms with Crippen molar-refractivity contribution in [3.8, 4) is 5.75 Å². The number of ether oxygens (including phenoxy) is 9. The molecule has 27 heteroatoms. The number of imidazole rings is 1. The second-order valence-corrected chi connectivity index (χ2v) is 19.2. The molecule has 2 aromatic carbocycles. The SMILES string of the molecule is NN=C(C=NCCOCCOCCOCCOCCC(=O)Oc1c(F)cc(F)cc1F)COCCOCCOCCOCCn1ccc(C(=O)N2CCC3(CC2)C(=O)N(Cc2nc4cc(Cl)ccc4n2CCCCF)c2cnccc23)n1. The van der Waals surface area contributed by atoms with Crippen LogP contribution in [0.1, 0.15) is 54.0 Å². The number of aliphatic imine (C=N–C) groups is 1. The zero-order valence-electron chi connectivity index (χ0n) is 45.5. The molecule has 446 valence electrons. The number of rotatable bonds is 38. The number of nitrogens with two attached hydrogens (primary N) is 1. The molecule has 2 aliphatic rings. The second kappa shape index (κ2) is 33.6. The molecule has 1 saturated heterocycles. The van der Waals surface area contributed by atoms with Gasteiger partial charge in [-0.25, -0.2) is 18.2 Å². The summed E-state index contributed by atoms with van der Waals surface area (Å²) < 4.78 is 106. The number of amides is 2. The highest BCUT2D eigenvalue weighted by molar-refractivity contribution is 6.31. The third kappa shape index (κ3) is 18.5. The van der Waals surface area contributed by atoms with Crippen LogP contribution in [0.25, 0.3) is 11.0 Å². The van der Waals surface area contributed by atoms with Gasteiger partial charge < -0.3 is 62.8 Å². The van der Waals surface area contributed by atoms with Gasteiger partial charge in [-0.05, 0) is 61.6 Å². The average Bonchev–Trinajstić information content (AvgIpc) is 4.23. The lowest BCUT2D eigenvalue weighted by Gasteiger charge is -2.38. The van der Waals surface area contributed by atoms with Crippen molar-refractivity contribution < 1.29 is 74.6 Å². The smallest absolute Gasteiger partial charge is 0.313 e. The van der Waals surface area contributed by atoms with E-state index in [1.54, 1.807) is 51.3 Å². The molecule has 0 aliphatic carbocycles. The van der Waals surface area contributed by atoms with Gasteiger partial charge in [-0.15, -0.1) is 0 Å². The third-order valence-corrected chi connectivity index (χ3v) is 13.5. The van der Waals surface area contributed by atoms with E-state index in [4.69, 9.17) is 60.3 Å². The van der Waals surface area contributed by atoms with Crippen molar-refractivity contribution in [3.05, 3.63) is 101 Å². The summed E-state index contributed by atoms with van der Waals surface area (Å²) in [6.07, 6.45) is 8.34. The van der Waals surface area contributed by atoms with Gasteiger partial charge in [0.25, 0.3) is 5.91 Å². The zero-order chi connectivity index (χ0) is 57.9. The maximum Gasteiger partial charge on any atom is 0.313 e. The molecule has 2 N–H and O–H groups in total. The number of hydrogen-bond donors (Lipinski definition) is 1. The Labute approximate surface area is 476 Å². The van der Waals surface area contributed by atoms with Crippen molar-refractivity contribution in [2.45, 2.75) is 57.2 Å². The van der Waals surface area contributed by atoms with Gasteiger partial charge in [0, 0.05) is 55.4 Å². The van der Waals surface area contributed by atoms with Gasteiger partial charge in [-0.1, -0.05) is 11.6 Å². The van der Waals surface area contributed by atoms with Crippen LogP contribution in [0.3, 0.4) is 0 Å². The quantitative estimate of drug-likeness (QED) is 0.00951. The summed E-state index contributed by atoms with van der Waals surface area (Å²) >= 11 is 6.30. The van der Waals surface area contributed by atoms with Gasteiger partial charge in [0.15, 0.2) is 11.6 Å². The van der Waals surface area contributed by atoms with Gasteiger partial charge in [-0.2, -0.15) is 10.2 Å². The first-order chi connectivity index (χ1) is 40.0. The fraction of sp³-hybridized carbons (Fsp3) is 0.527. The molecular formula is C55H69ClF4N10O12. The molecule has 0 bridgehead atoms. The van der Waals surface area contributed by atoms with Gasteiger partial charge in [-0.3, -0.25) is 33.4 Å². The molecule has 22 nitrogen and oxygen atoms in total. The maximum absolute atomic E-state index is 14.5. The van der Waals surface area contributed by atoms with Gasteiger partial charge in [0.05, 0.1) is 167 Å². The highest BCUT2D eigenvalue weighted by Crippen LogP contribution is 2.48. The molecule has 3 aromatic heterocycles. The Morgan fingerprint density at radius 3 is 2.06 bits per heavy atom. The standard InChI is InChI=1S/C55H69ClF4N10O12/c56-40-3-4-48-47(33-40)64-50(69(48)13-2-1-10-57)38-70-49-37-62-11-5-43(49)55(54(70)73)8-15-67(16-9-55)53(72)46-6-14-68(66-46)17-20-76-23-26-79-29-30-80-31-32-81-39-42(65-61)36-63-12-19-75-22-25-78-28-27-77-24-21-74-18-7-51(71)82-52-44(59)34-41(58)35-45(52)60/h3-6,11,14,33-37H,1-2,7-10,12-13,15-32,38-39,61H2. The Hall–Kier alpha value is -6.49. The number of carbonyl (C=O) groups is 3. The summed E-state index contributed by atoms with van der Waals surface area (Å²) in [5.41, 5.74) is 3.15. The van der Waals surface area contributed by atoms with Crippen molar-refractivity contribution in [2.24, 2.45) is 15.9 Å². The van der Waals surface area contributed by atoms with Crippen LogP contribution in [0, 0.1) is 17.5 Å². The van der Waals surface area contributed by atoms with Crippen LogP contribution < -0.4 is 15.5 Å². The largest absolute Gasteiger partial charge is 0.420 e. The number of alkyl halides is 1. The average molecular weight is 1170 g/mol. The van der Waals surface area contributed by atoms with Crippen LogP contribution in [-0.4, -0.2) is 191 Å². The third-order valence-electron chi connectivity index (χ3n) is 13.2. The van der Waals surface area contributed by atoms with E-state index in [-0.39, 0.29) is 51.2 Å². The molecule has 2 aliphatic heterocycles. The monoisotopic (exact) mass is 1170 g/mol. The molecule has 1 fully saturated rings. The first-order valence-corrected chi connectivity index (χ1v) is 27.4. The molecule has 0 radical (unpaired) electrons. The van der Waals surface area contributed by atoms with E-state index in [0.29, 0.717) is 178 Å². The predicted octanol–water partition coefficient (Wildman–Crippen LogP) is 5.68. The van der Waals surface area contributed by atoms with Crippen LogP contribution in [0.15, 0.2) is 71.1 Å². The minimum Gasteiger partial charge on any atom is -0.420 e. The second-order valence-electron chi connectivity index (χ2n) is 18.7. The number of aromatic nitrogens is 5. The van der Waals surface area contributed by atoms with Crippen LogP contribution in [0.4, 0.5) is 23.2 Å². The Kier molecular flexibility index (Phi) is 25.8. The minimum absolute atomic E-state index is 0.0523. The normalized spacial score (nSPS) is 14.3. The van der Waals surface area contributed by atoms with Crippen molar-refractivity contribution in [3.63, 3.8) is 0 Å². The van der Waals surface area contributed by atoms with E-state index < -0.39 is 41.3 Å². The Morgan fingerprint density at radius 2 is 1.40 bits per heavy atom. The molecule has 1 spiro atoms. The van der Waals surface area contributed by atoms with E-state index in [1.807, 2.05) is 16.7 Å². The summed E-state index contributed by atoms with van der Waals surface area (Å²) in [7, 11) is 0. The van der Waals surface area contributed by atoms with E-state index in [2.05, 4.69) is 24.9 Å². The number of nitrogens with zero attached hydrogens (tertiary/aromatic N) is 9. The lowest BCUT2D eigenvalue weighted by molar-refractivity contribution is -0.136. The van der Waals surface area contributed by atoms with Crippen LogP contribution >= 0.6 is 11.6 Å². The van der Waals surface area contributed by atoms with Crippen molar-refractivity contribution in [2.75, 3.05) is 137 Å². The van der Waals surface area contributed by atoms with Crippen molar-refractivity contribution in [1.82, 2.24) is 29.2 Å². The number of likely N-dealkylation sites (tertiary alicyclic amines) is 1. The Bertz CT molecular complexity index is 2870. The number of fused-ring (bicyclic) bond motifs is 3. The summed E-state index contributed by atoms with van der Waals surface area (Å²) in [4.78, 5) is 57.0. The molecular weight excluding hydrogens is 1100 g/mol. The molecule has 0 atom stereocenters. The van der Waals surface area contributed by atoms with E-state index in [9.17, 15) is 31.9 Å². The number of aryl methyl sites for hydroxylation is 1. The fourth-order valence-electron chi connectivity index (χ4n) is 9.11. The number of anilines is 1. The summed E-state index contributed by atoms with van der Waals surface area (Å²) in [6, 6.07) is 9.92. The number of piperidine rings is 1. The highest BCUT2D eigenvalue weighted by atomic mass is 35.5. The van der Waals surface area contributed by atoms with Crippen LogP contribution in [-0.2, 0) is 72.5 Å². The zero-order valence-corrected chi connectivity index (χ0v) is 46.3. The first-order valence-electron chi connectivity index (χ1n) is 27.0. The number of esters is 1. The molecule has 5 aromatic rings. The van der Waals surface area contributed by atoms with E-state index in [0.717, 1.165) is 16.8 Å². The molecule has 2 amide bonds. The first kappa shape index (κ1) is 63.1. The van der Waals surface area contributed by atoms with E-state index >= 15 is 0 Å². The molecule has 7 rings (SSSR count). The highest BCUT2D eigenvalue weighted by Gasteiger charge is 2.53. The van der Waals surface area contributed by atoms with Gasteiger partial charge in [0.2, 0.25) is 11.7 Å². The van der Waals surface area contributed by atoms with Gasteiger partial charge in [0.1, 0.15) is 23.0 Å². The van der Waals surface area contributed by atoms with Crippen LogP contribution in [0.5, 0.6) is 5.75 Å². The van der Waals surface area contributed by atoms with Crippen LogP contribution in [0.2, 0.25) is 5.02 Å². The number of halogens is 5. The minimum atomic E-state index is -1.31. The molecule has 82 heavy (non-hydrogen) atoms. The maximum atomic E-state index is 14.5. The Balaban J connectivity index is 0.655. The number of pyridine rings is 1. The fourth-order valence-corrected chi connectivity index (χ4v) is 9.28. The van der Waals surface area contributed by atoms with E-state index in [1.165, 1.54) is 6.21 Å². The number of hydrazone groups is 1. The summed E-state index contributed by atoms with van der Waals surface area (Å²) in [6.45, 7) is 6.60. The van der Waals surface area contributed by atoms with Crippen molar-refractivity contribution >= 4 is 58.0 Å². The molecule has 0 unspecified atom stereocenters. The molecule has 5 heterocycles. The summed E-state index contributed by atoms with van der Waals surface area (Å²) in [5, 5.41) is 8.76.